The van der Waals surface area contributed by atoms with E-state index in [1.165, 1.54) is 0 Å². The predicted molar refractivity (Wildman–Crippen MR) is 43.8 cm³/mol. The topological polar surface area (TPSA) is 54.7 Å². The summed E-state index contributed by atoms with van der Waals surface area (Å²) < 4.78 is 5.17. The lowest BCUT2D eigenvalue weighted by atomic mass is 10.4. The van der Waals surface area contributed by atoms with E-state index in [2.05, 4.69) is 15.2 Å². The highest BCUT2D eigenvalue weighted by Gasteiger charge is 2.06. The largest absolute Gasteiger partial charge is 0.420 e. The van der Waals surface area contributed by atoms with Gasteiger partial charge in [-0.2, -0.15) is 0 Å². The fourth-order valence-electron chi connectivity index (χ4n) is 0.897. The molecule has 5 heteroatoms. The van der Waals surface area contributed by atoms with E-state index >= 15 is 0 Å². The Balaban J connectivity index is 2.43. The van der Waals surface area contributed by atoms with E-state index in [1.54, 1.807) is 19.2 Å². The number of halogens is 1. The summed E-state index contributed by atoms with van der Waals surface area (Å²) in [6.45, 7) is 1.74. The molecule has 2 rings (SSSR count). The molecule has 2 aromatic rings. The summed E-state index contributed by atoms with van der Waals surface area (Å²) in [6.07, 6.45) is 1.66. The molecule has 62 valence electrons. The summed E-state index contributed by atoms with van der Waals surface area (Å²) in [5.74, 6) is 0.995. The number of rotatable bonds is 1. The van der Waals surface area contributed by atoms with E-state index < -0.39 is 0 Å². The van der Waals surface area contributed by atoms with Crippen LogP contribution in [0.4, 0.5) is 0 Å². The molecule has 0 aliphatic heterocycles. The van der Waals surface area contributed by atoms with Crippen LogP contribution in [0.15, 0.2) is 16.7 Å². The molecule has 0 aliphatic carbocycles. The zero-order valence-electron chi connectivity index (χ0n) is 6.34. The molecule has 0 saturated carbocycles. The van der Waals surface area contributed by atoms with Crippen LogP contribution in [0.1, 0.15) is 5.89 Å². The number of aryl methyl sites for hydroxylation is 1. The number of H-pyrrole nitrogens is 1. The minimum Gasteiger partial charge on any atom is -0.420 e. The van der Waals surface area contributed by atoms with Crippen LogP contribution in [0.25, 0.3) is 11.6 Å². The molecule has 1 N–H and O–H groups in total. The highest BCUT2D eigenvalue weighted by atomic mass is 35.5. The van der Waals surface area contributed by atoms with Gasteiger partial charge in [-0.15, -0.1) is 10.2 Å². The van der Waals surface area contributed by atoms with Gasteiger partial charge in [0.2, 0.25) is 5.89 Å². The molecular weight excluding hydrogens is 178 g/mol. The van der Waals surface area contributed by atoms with Gasteiger partial charge in [0.1, 0.15) is 5.69 Å². The monoisotopic (exact) mass is 183 g/mol. The molecule has 2 aromatic heterocycles. The van der Waals surface area contributed by atoms with E-state index in [9.17, 15) is 0 Å². The number of hydrogen-bond acceptors (Lipinski definition) is 3. The predicted octanol–water partition coefficient (Wildman–Crippen LogP) is 2.03. The van der Waals surface area contributed by atoms with Gasteiger partial charge >= 0.3 is 0 Å². The van der Waals surface area contributed by atoms with E-state index in [0.717, 1.165) is 5.69 Å². The van der Waals surface area contributed by atoms with Gasteiger partial charge < -0.3 is 9.40 Å². The Bertz CT molecular complexity index is 355. The standard InChI is InChI=1S/C7H6ClN3O/c1-4-10-11-7(12-4)6-2-5(8)3-9-6/h2-3,9H,1H3. The first-order chi connectivity index (χ1) is 5.75. The van der Waals surface area contributed by atoms with Crippen LogP contribution in [0.5, 0.6) is 0 Å². The van der Waals surface area contributed by atoms with Crippen LogP contribution < -0.4 is 0 Å². The van der Waals surface area contributed by atoms with E-state index in [4.69, 9.17) is 16.0 Å². The molecule has 12 heavy (non-hydrogen) atoms. The highest BCUT2D eigenvalue weighted by Crippen LogP contribution is 2.19. The Kier molecular flexibility index (Phi) is 1.62. The van der Waals surface area contributed by atoms with Gasteiger partial charge in [-0.3, -0.25) is 0 Å². The molecule has 4 nitrogen and oxygen atoms in total. The summed E-state index contributed by atoms with van der Waals surface area (Å²) in [6, 6.07) is 1.73. The molecule has 0 atom stereocenters. The average molecular weight is 184 g/mol. The zero-order valence-corrected chi connectivity index (χ0v) is 7.09. The van der Waals surface area contributed by atoms with Crippen molar-refractivity contribution in [2.45, 2.75) is 6.92 Å². The Hall–Kier alpha value is -1.29. The fraction of sp³-hybridized carbons (Fsp3) is 0.143. The Morgan fingerprint density at radius 2 is 2.33 bits per heavy atom. The van der Waals surface area contributed by atoms with Crippen molar-refractivity contribution < 1.29 is 4.42 Å². The normalized spacial score (nSPS) is 10.5. The van der Waals surface area contributed by atoms with E-state index in [0.29, 0.717) is 16.8 Å². The minimum atomic E-state index is 0.458. The van der Waals surface area contributed by atoms with Crippen molar-refractivity contribution in [1.82, 2.24) is 15.2 Å². The van der Waals surface area contributed by atoms with E-state index in [-0.39, 0.29) is 0 Å². The van der Waals surface area contributed by atoms with Gasteiger partial charge in [0.05, 0.1) is 5.02 Å². The number of nitrogens with one attached hydrogen (secondary N) is 1. The summed E-state index contributed by atoms with van der Waals surface area (Å²) in [5.41, 5.74) is 0.737. The van der Waals surface area contributed by atoms with Crippen molar-refractivity contribution in [2.24, 2.45) is 0 Å². The van der Waals surface area contributed by atoms with Crippen LogP contribution in [-0.2, 0) is 0 Å². The Morgan fingerprint density at radius 1 is 1.50 bits per heavy atom. The molecular formula is C7H6ClN3O. The maximum Gasteiger partial charge on any atom is 0.264 e. The van der Waals surface area contributed by atoms with Gasteiger partial charge in [0, 0.05) is 13.1 Å². The van der Waals surface area contributed by atoms with Crippen molar-refractivity contribution in [1.29, 1.82) is 0 Å². The lowest BCUT2D eigenvalue weighted by molar-refractivity contribution is 0.531. The lowest BCUT2D eigenvalue weighted by Gasteiger charge is -1.84. The summed E-state index contributed by atoms with van der Waals surface area (Å²) in [5, 5.41) is 8.14. The molecule has 0 aliphatic rings. The third kappa shape index (κ3) is 1.21. The molecule has 2 heterocycles. The van der Waals surface area contributed by atoms with Crippen LogP contribution in [0.2, 0.25) is 5.02 Å². The first kappa shape index (κ1) is 7.36. The van der Waals surface area contributed by atoms with Gasteiger partial charge in [-0.25, -0.2) is 0 Å². The molecule has 0 amide bonds. The highest BCUT2D eigenvalue weighted by molar-refractivity contribution is 6.30. The first-order valence-electron chi connectivity index (χ1n) is 3.40. The maximum absolute atomic E-state index is 5.70. The van der Waals surface area contributed by atoms with E-state index in [1.807, 2.05) is 0 Å². The second-order valence-electron chi connectivity index (χ2n) is 2.36. The minimum absolute atomic E-state index is 0.458. The number of hydrogen-bond donors (Lipinski definition) is 1. The third-order valence-corrected chi connectivity index (χ3v) is 1.62. The first-order valence-corrected chi connectivity index (χ1v) is 3.78. The van der Waals surface area contributed by atoms with Crippen molar-refractivity contribution >= 4 is 11.6 Å². The van der Waals surface area contributed by atoms with Crippen LogP contribution >= 0.6 is 11.6 Å². The Morgan fingerprint density at radius 3 is 2.83 bits per heavy atom. The molecule has 0 aromatic carbocycles. The van der Waals surface area contributed by atoms with Gasteiger partial charge in [-0.05, 0) is 6.07 Å². The summed E-state index contributed by atoms with van der Waals surface area (Å²) in [4.78, 5) is 2.91. The van der Waals surface area contributed by atoms with Crippen molar-refractivity contribution in [3.8, 4) is 11.6 Å². The van der Waals surface area contributed by atoms with Crippen molar-refractivity contribution in [2.75, 3.05) is 0 Å². The molecule has 0 radical (unpaired) electrons. The fourth-order valence-corrected chi connectivity index (χ4v) is 1.06. The second-order valence-corrected chi connectivity index (χ2v) is 2.79. The lowest BCUT2D eigenvalue weighted by Crippen LogP contribution is -1.75. The third-order valence-electron chi connectivity index (χ3n) is 1.40. The average Bonchev–Trinajstić information content (AvgIpc) is 2.58. The van der Waals surface area contributed by atoms with Gasteiger partial charge in [0.25, 0.3) is 5.89 Å². The SMILES string of the molecule is Cc1nnc(-c2cc(Cl)c[nH]2)o1. The smallest absolute Gasteiger partial charge is 0.264 e. The van der Waals surface area contributed by atoms with Crippen molar-refractivity contribution in [3.63, 3.8) is 0 Å². The number of aromatic amines is 1. The van der Waals surface area contributed by atoms with Crippen LogP contribution in [-0.4, -0.2) is 15.2 Å². The molecule has 0 bridgehead atoms. The summed E-state index contributed by atoms with van der Waals surface area (Å²) >= 11 is 5.70. The maximum atomic E-state index is 5.70. The van der Waals surface area contributed by atoms with Gasteiger partial charge in [-0.1, -0.05) is 11.6 Å². The van der Waals surface area contributed by atoms with Crippen LogP contribution in [0.3, 0.4) is 0 Å². The molecule has 0 unspecified atom stereocenters. The zero-order chi connectivity index (χ0) is 8.55. The molecule has 0 saturated heterocycles. The van der Waals surface area contributed by atoms with Crippen molar-refractivity contribution in [3.05, 3.63) is 23.2 Å². The quantitative estimate of drug-likeness (QED) is 0.736. The molecule has 0 fully saturated rings. The molecule has 0 spiro atoms. The number of nitrogens with zero attached hydrogens (tertiary/aromatic N) is 2. The Labute approximate surface area is 73.6 Å². The number of aromatic nitrogens is 3. The van der Waals surface area contributed by atoms with Crippen LogP contribution in [0, 0.1) is 6.92 Å². The van der Waals surface area contributed by atoms with Gasteiger partial charge in [0.15, 0.2) is 0 Å². The second kappa shape index (κ2) is 2.64. The summed E-state index contributed by atoms with van der Waals surface area (Å²) in [7, 11) is 0.